The molecule has 3 heteroatoms. The van der Waals surface area contributed by atoms with Crippen LogP contribution in [0.4, 0.5) is 4.39 Å². The SMILES string of the molecule is OCc1c[nH]c2ccc(F)cc12. The van der Waals surface area contributed by atoms with Crippen molar-refractivity contribution in [1.29, 1.82) is 0 Å². The van der Waals surface area contributed by atoms with Crippen molar-refractivity contribution in [2.75, 3.05) is 0 Å². The van der Waals surface area contributed by atoms with Gasteiger partial charge in [-0.1, -0.05) is 0 Å². The van der Waals surface area contributed by atoms with E-state index < -0.39 is 0 Å². The van der Waals surface area contributed by atoms with Crippen molar-refractivity contribution in [2.45, 2.75) is 6.61 Å². The van der Waals surface area contributed by atoms with Crippen molar-refractivity contribution < 1.29 is 9.50 Å². The zero-order valence-electron chi connectivity index (χ0n) is 6.34. The summed E-state index contributed by atoms with van der Waals surface area (Å²) in [4.78, 5) is 2.94. The molecule has 0 spiro atoms. The zero-order chi connectivity index (χ0) is 8.55. The number of halogens is 1. The molecule has 1 aromatic heterocycles. The van der Waals surface area contributed by atoms with Crippen molar-refractivity contribution >= 4 is 10.9 Å². The number of hydrogen-bond donors (Lipinski definition) is 2. The normalized spacial score (nSPS) is 10.8. The fraction of sp³-hybridized carbons (Fsp3) is 0.111. The molecule has 1 aromatic carbocycles. The van der Waals surface area contributed by atoms with Crippen LogP contribution in [0.15, 0.2) is 24.4 Å². The molecule has 2 N–H and O–H groups in total. The predicted octanol–water partition coefficient (Wildman–Crippen LogP) is 1.80. The minimum Gasteiger partial charge on any atom is -0.392 e. The fourth-order valence-electron chi connectivity index (χ4n) is 1.28. The van der Waals surface area contributed by atoms with Crippen LogP contribution in [0.2, 0.25) is 0 Å². The van der Waals surface area contributed by atoms with Gasteiger partial charge in [0, 0.05) is 22.7 Å². The van der Waals surface area contributed by atoms with E-state index in [4.69, 9.17) is 5.11 Å². The van der Waals surface area contributed by atoms with Gasteiger partial charge < -0.3 is 10.1 Å². The Labute approximate surface area is 68.6 Å². The van der Waals surface area contributed by atoms with Gasteiger partial charge in [-0.3, -0.25) is 0 Å². The Hall–Kier alpha value is -1.35. The number of rotatable bonds is 1. The summed E-state index contributed by atoms with van der Waals surface area (Å²) >= 11 is 0. The molecule has 0 bridgehead atoms. The van der Waals surface area contributed by atoms with Crippen molar-refractivity contribution in [3.05, 3.63) is 35.8 Å². The van der Waals surface area contributed by atoms with Crippen LogP contribution in [-0.2, 0) is 6.61 Å². The van der Waals surface area contributed by atoms with Crippen LogP contribution < -0.4 is 0 Å². The molecule has 0 radical (unpaired) electrons. The highest BCUT2D eigenvalue weighted by molar-refractivity contribution is 5.82. The van der Waals surface area contributed by atoms with E-state index >= 15 is 0 Å². The number of nitrogens with one attached hydrogen (secondary N) is 1. The first-order valence-electron chi connectivity index (χ1n) is 3.67. The van der Waals surface area contributed by atoms with Gasteiger partial charge in [0.15, 0.2) is 0 Å². The van der Waals surface area contributed by atoms with Gasteiger partial charge in [0.25, 0.3) is 0 Å². The smallest absolute Gasteiger partial charge is 0.123 e. The van der Waals surface area contributed by atoms with Gasteiger partial charge in [-0.05, 0) is 18.2 Å². The molecular formula is C9H8FNO. The van der Waals surface area contributed by atoms with Crippen LogP contribution in [-0.4, -0.2) is 10.1 Å². The van der Waals surface area contributed by atoms with Crippen molar-refractivity contribution in [2.24, 2.45) is 0 Å². The molecule has 12 heavy (non-hydrogen) atoms. The Bertz CT molecular complexity index is 408. The third kappa shape index (κ3) is 0.987. The summed E-state index contributed by atoms with van der Waals surface area (Å²) in [6.45, 7) is -0.0660. The Balaban J connectivity index is 2.75. The van der Waals surface area contributed by atoms with E-state index in [1.54, 1.807) is 12.3 Å². The highest BCUT2D eigenvalue weighted by atomic mass is 19.1. The van der Waals surface area contributed by atoms with Crippen molar-refractivity contribution in [3.63, 3.8) is 0 Å². The maximum atomic E-state index is 12.7. The van der Waals surface area contributed by atoms with Gasteiger partial charge in [0.2, 0.25) is 0 Å². The molecule has 0 saturated heterocycles. The van der Waals surface area contributed by atoms with Crippen LogP contribution in [0.5, 0.6) is 0 Å². The second kappa shape index (κ2) is 2.60. The summed E-state index contributed by atoms with van der Waals surface area (Å²) in [6, 6.07) is 4.46. The van der Waals surface area contributed by atoms with Gasteiger partial charge in [0.1, 0.15) is 5.82 Å². The second-order valence-electron chi connectivity index (χ2n) is 2.66. The van der Waals surface area contributed by atoms with Gasteiger partial charge in [0.05, 0.1) is 6.61 Å². The molecule has 0 amide bonds. The molecular weight excluding hydrogens is 157 g/mol. The number of H-pyrrole nitrogens is 1. The van der Waals surface area contributed by atoms with Gasteiger partial charge in [-0.15, -0.1) is 0 Å². The van der Waals surface area contributed by atoms with Crippen LogP contribution >= 0.6 is 0 Å². The first-order valence-corrected chi connectivity index (χ1v) is 3.67. The summed E-state index contributed by atoms with van der Waals surface area (Å²) < 4.78 is 12.7. The summed E-state index contributed by atoms with van der Waals surface area (Å²) in [5.74, 6) is -0.281. The Morgan fingerprint density at radius 3 is 3.00 bits per heavy atom. The molecule has 2 rings (SSSR count). The molecule has 0 aliphatic carbocycles. The van der Waals surface area contributed by atoms with E-state index in [0.717, 1.165) is 16.5 Å². The Morgan fingerprint density at radius 1 is 1.42 bits per heavy atom. The van der Waals surface area contributed by atoms with Gasteiger partial charge >= 0.3 is 0 Å². The molecule has 62 valence electrons. The number of aromatic nitrogens is 1. The maximum Gasteiger partial charge on any atom is 0.123 e. The highest BCUT2D eigenvalue weighted by Gasteiger charge is 2.02. The molecule has 0 atom stereocenters. The number of fused-ring (bicyclic) bond motifs is 1. The van der Waals surface area contributed by atoms with Crippen molar-refractivity contribution in [3.8, 4) is 0 Å². The lowest BCUT2D eigenvalue weighted by Crippen LogP contribution is -1.79. The van der Waals surface area contributed by atoms with E-state index in [9.17, 15) is 4.39 Å². The first kappa shape index (κ1) is 7.31. The van der Waals surface area contributed by atoms with E-state index in [2.05, 4.69) is 4.98 Å². The number of benzene rings is 1. The van der Waals surface area contributed by atoms with Crippen LogP contribution in [0, 0.1) is 5.82 Å². The third-order valence-corrected chi connectivity index (χ3v) is 1.90. The lowest BCUT2D eigenvalue weighted by atomic mass is 10.2. The monoisotopic (exact) mass is 165 g/mol. The molecule has 0 aliphatic rings. The molecule has 0 unspecified atom stereocenters. The van der Waals surface area contributed by atoms with Gasteiger partial charge in [-0.2, -0.15) is 0 Å². The van der Waals surface area contributed by atoms with Crippen LogP contribution in [0.3, 0.4) is 0 Å². The fourth-order valence-corrected chi connectivity index (χ4v) is 1.28. The third-order valence-electron chi connectivity index (χ3n) is 1.90. The molecule has 1 heterocycles. The van der Waals surface area contributed by atoms with Gasteiger partial charge in [-0.25, -0.2) is 4.39 Å². The second-order valence-corrected chi connectivity index (χ2v) is 2.66. The lowest BCUT2D eigenvalue weighted by molar-refractivity contribution is 0.283. The number of aliphatic hydroxyl groups is 1. The van der Waals surface area contributed by atoms with E-state index in [1.807, 2.05) is 0 Å². The summed E-state index contributed by atoms with van der Waals surface area (Å²) in [5.41, 5.74) is 1.57. The Kier molecular flexibility index (Phi) is 1.59. The molecule has 2 nitrogen and oxygen atoms in total. The van der Waals surface area contributed by atoms with E-state index in [-0.39, 0.29) is 12.4 Å². The Morgan fingerprint density at radius 2 is 2.25 bits per heavy atom. The largest absolute Gasteiger partial charge is 0.392 e. The number of aromatic amines is 1. The summed E-state index contributed by atoms with van der Waals surface area (Å²) in [5, 5.41) is 9.62. The molecule has 0 saturated carbocycles. The van der Waals surface area contributed by atoms with E-state index in [1.165, 1.54) is 12.1 Å². The minimum atomic E-state index is -0.281. The first-order chi connectivity index (χ1) is 5.81. The summed E-state index contributed by atoms with van der Waals surface area (Å²) in [7, 11) is 0. The van der Waals surface area contributed by atoms with E-state index in [0.29, 0.717) is 0 Å². The summed E-state index contributed by atoms with van der Waals surface area (Å²) in [6.07, 6.45) is 1.68. The highest BCUT2D eigenvalue weighted by Crippen LogP contribution is 2.18. The molecule has 2 aromatic rings. The maximum absolute atomic E-state index is 12.7. The lowest BCUT2D eigenvalue weighted by Gasteiger charge is -1.92. The molecule has 0 aliphatic heterocycles. The standard InChI is InChI=1S/C9H8FNO/c10-7-1-2-9-8(3-7)6(5-12)4-11-9/h1-4,11-12H,5H2. The average Bonchev–Trinajstić information content (AvgIpc) is 2.46. The zero-order valence-corrected chi connectivity index (χ0v) is 6.34. The quantitative estimate of drug-likeness (QED) is 0.664. The van der Waals surface area contributed by atoms with Crippen LogP contribution in [0.1, 0.15) is 5.56 Å². The topological polar surface area (TPSA) is 36.0 Å². The number of hydrogen-bond acceptors (Lipinski definition) is 1. The molecule has 0 fully saturated rings. The van der Waals surface area contributed by atoms with Crippen LogP contribution in [0.25, 0.3) is 10.9 Å². The predicted molar refractivity (Wildman–Crippen MR) is 44.2 cm³/mol. The van der Waals surface area contributed by atoms with Crippen molar-refractivity contribution in [1.82, 2.24) is 4.98 Å². The average molecular weight is 165 g/mol. The minimum absolute atomic E-state index is 0.0660. The number of aliphatic hydroxyl groups excluding tert-OH is 1.